The second-order valence-electron chi connectivity index (χ2n) is 4.78. The minimum atomic E-state index is -0.231. The van der Waals surface area contributed by atoms with Crippen LogP contribution in [0.15, 0.2) is 0 Å². The van der Waals surface area contributed by atoms with E-state index in [2.05, 4.69) is 11.8 Å². The molecule has 1 rings (SSSR count). The van der Waals surface area contributed by atoms with Crippen molar-refractivity contribution in [2.75, 3.05) is 19.6 Å². The number of hydrogen-bond acceptors (Lipinski definition) is 3. The van der Waals surface area contributed by atoms with E-state index in [1.54, 1.807) is 0 Å². The van der Waals surface area contributed by atoms with E-state index < -0.39 is 0 Å². The minimum absolute atomic E-state index is 0.231. The zero-order valence-electron chi connectivity index (χ0n) is 10.2. The fourth-order valence-electron chi connectivity index (χ4n) is 2.78. The Bertz CT molecular complexity index is 173. The lowest BCUT2D eigenvalue weighted by molar-refractivity contribution is 0.0611. The predicted octanol–water partition coefficient (Wildman–Crippen LogP) is 1.21. The van der Waals surface area contributed by atoms with E-state index in [9.17, 15) is 5.11 Å². The molecule has 1 saturated carbocycles. The topological polar surface area (TPSA) is 49.5 Å². The van der Waals surface area contributed by atoms with Gasteiger partial charge in [-0.2, -0.15) is 0 Å². The monoisotopic (exact) mass is 214 g/mol. The summed E-state index contributed by atoms with van der Waals surface area (Å²) >= 11 is 0. The molecule has 0 heterocycles. The second kappa shape index (κ2) is 6.46. The van der Waals surface area contributed by atoms with Crippen LogP contribution in [0.3, 0.4) is 0 Å². The molecule has 90 valence electrons. The van der Waals surface area contributed by atoms with Gasteiger partial charge in [0.05, 0.1) is 6.10 Å². The van der Waals surface area contributed by atoms with Crippen LogP contribution in [0.4, 0.5) is 0 Å². The standard InChI is InChI=1S/C12H26N2O/c1-3-14(9-10(2)15)12-7-5-4-6-11(12)8-13/h10-12,15H,3-9,13H2,1-2H3. The van der Waals surface area contributed by atoms with Crippen LogP contribution < -0.4 is 5.73 Å². The molecule has 0 aromatic rings. The van der Waals surface area contributed by atoms with Gasteiger partial charge in [-0.05, 0) is 38.8 Å². The first-order valence-corrected chi connectivity index (χ1v) is 6.31. The lowest BCUT2D eigenvalue weighted by Crippen LogP contribution is -2.47. The molecule has 1 aliphatic carbocycles. The van der Waals surface area contributed by atoms with Crippen LogP contribution in [-0.2, 0) is 0 Å². The van der Waals surface area contributed by atoms with Crippen LogP contribution in [0.5, 0.6) is 0 Å². The van der Waals surface area contributed by atoms with Crippen molar-refractivity contribution in [1.29, 1.82) is 0 Å². The number of rotatable bonds is 5. The van der Waals surface area contributed by atoms with Gasteiger partial charge in [0.25, 0.3) is 0 Å². The largest absolute Gasteiger partial charge is 0.392 e. The van der Waals surface area contributed by atoms with E-state index >= 15 is 0 Å². The van der Waals surface area contributed by atoms with Gasteiger partial charge in [-0.15, -0.1) is 0 Å². The van der Waals surface area contributed by atoms with Crippen LogP contribution in [0, 0.1) is 5.92 Å². The third kappa shape index (κ3) is 3.74. The van der Waals surface area contributed by atoms with Gasteiger partial charge in [0.2, 0.25) is 0 Å². The van der Waals surface area contributed by atoms with Crippen molar-refractivity contribution in [3.8, 4) is 0 Å². The molecule has 0 radical (unpaired) electrons. The molecule has 0 bridgehead atoms. The predicted molar refractivity (Wildman–Crippen MR) is 63.7 cm³/mol. The highest BCUT2D eigenvalue weighted by atomic mass is 16.3. The molecule has 1 fully saturated rings. The summed E-state index contributed by atoms with van der Waals surface area (Å²) in [6.07, 6.45) is 4.92. The molecular weight excluding hydrogens is 188 g/mol. The molecule has 0 spiro atoms. The van der Waals surface area contributed by atoms with Crippen LogP contribution in [0.25, 0.3) is 0 Å². The van der Waals surface area contributed by atoms with Gasteiger partial charge in [0.15, 0.2) is 0 Å². The number of hydrogen-bond donors (Lipinski definition) is 2. The zero-order valence-corrected chi connectivity index (χ0v) is 10.2. The molecule has 1 aliphatic rings. The summed E-state index contributed by atoms with van der Waals surface area (Å²) in [4.78, 5) is 2.40. The average molecular weight is 214 g/mol. The Kier molecular flexibility index (Phi) is 5.58. The van der Waals surface area contributed by atoms with Gasteiger partial charge >= 0.3 is 0 Å². The first kappa shape index (κ1) is 12.9. The van der Waals surface area contributed by atoms with Crippen LogP contribution in [-0.4, -0.2) is 41.8 Å². The Labute approximate surface area is 93.6 Å². The lowest BCUT2D eigenvalue weighted by atomic mass is 9.83. The Hall–Kier alpha value is -0.120. The summed E-state index contributed by atoms with van der Waals surface area (Å²) in [6, 6.07) is 0.600. The van der Waals surface area contributed by atoms with E-state index in [1.807, 2.05) is 6.92 Å². The number of aliphatic hydroxyl groups is 1. The van der Waals surface area contributed by atoms with Gasteiger partial charge in [-0.25, -0.2) is 0 Å². The molecule has 3 unspecified atom stereocenters. The molecule has 3 N–H and O–H groups in total. The van der Waals surface area contributed by atoms with Crippen molar-refractivity contribution >= 4 is 0 Å². The van der Waals surface area contributed by atoms with Gasteiger partial charge < -0.3 is 10.8 Å². The number of likely N-dealkylation sites (N-methyl/N-ethyl adjacent to an activating group) is 1. The fraction of sp³-hybridized carbons (Fsp3) is 1.00. The summed E-state index contributed by atoms with van der Waals surface area (Å²) in [6.45, 7) is 6.64. The molecule has 3 heteroatoms. The van der Waals surface area contributed by atoms with Crippen molar-refractivity contribution in [2.24, 2.45) is 11.7 Å². The maximum absolute atomic E-state index is 9.47. The highest BCUT2D eigenvalue weighted by Crippen LogP contribution is 2.27. The molecule has 15 heavy (non-hydrogen) atoms. The molecule has 0 aliphatic heterocycles. The van der Waals surface area contributed by atoms with E-state index in [1.165, 1.54) is 25.7 Å². The smallest absolute Gasteiger partial charge is 0.0639 e. The maximum Gasteiger partial charge on any atom is 0.0639 e. The molecule has 0 aromatic carbocycles. The average Bonchev–Trinajstić information content (AvgIpc) is 2.25. The first-order chi connectivity index (χ1) is 7.19. The Morgan fingerprint density at radius 1 is 1.40 bits per heavy atom. The quantitative estimate of drug-likeness (QED) is 0.723. The maximum atomic E-state index is 9.47. The Morgan fingerprint density at radius 2 is 2.07 bits per heavy atom. The highest BCUT2D eigenvalue weighted by molar-refractivity contribution is 4.84. The number of nitrogens with zero attached hydrogens (tertiary/aromatic N) is 1. The summed E-state index contributed by atoms with van der Waals surface area (Å²) in [5.74, 6) is 0.637. The van der Waals surface area contributed by atoms with Gasteiger partial charge in [0.1, 0.15) is 0 Å². The summed E-state index contributed by atoms with van der Waals surface area (Å²) in [5, 5.41) is 9.47. The molecule has 3 nitrogen and oxygen atoms in total. The number of aliphatic hydroxyl groups excluding tert-OH is 1. The van der Waals surface area contributed by atoms with E-state index in [0.717, 1.165) is 19.6 Å². The normalized spacial score (nSPS) is 29.4. The van der Waals surface area contributed by atoms with Crippen LogP contribution in [0.1, 0.15) is 39.5 Å². The van der Waals surface area contributed by atoms with Crippen molar-refractivity contribution < 1.29 is 5.11 Å². The van der Waals surface area contributed by atoms with Gasteiger partial charge in [-0.1, -0.05) is 19.8 Å². The van der Waals surface area contributed by atoms with Crippen LogP contribution >= 0.6 is 0 Å². The zero-order chi connectivity index (χ0) is 11.3. The third-order valence-electron chi connectivity index (χ3n) is 3.55. The van der Waals surface area contributed by atoms with Gasteiger partial charge in [0, 0.05) is 12.6 Å². The summed E-state index contributed by atoms with van der Waals surface area (Å²) < 4.78 is 0. The Balaban J connectivity index is 2.55. The molecule has 0 aromatic heterocycles. The molecule has 3 atom stereocenters. The first-order valence-electron chi connectivity index (χ1n) is 6.31. The van der Waals surface area contributed by atoms with E-state index in [4.69, 9.17) is 5.73 Å². The summed E-state index contributed by atoms with van der Waals surface area (Å²) in [5.41, 5.74) is 5.83. The minimum Gasteiger partial charge on any atom is -0.392 e. The lowest BCUT2D eigenvalue weighted by Gasteiger charge is -2.39. The fourth-order valence-corrected chi connectivity index (χ4v) is 2.78. The van der Waals surface area contributed by atoms with Gasteiger partial charge in [-0.3, -0.25) is 4.90 Å². The third-order valence-corrected chi connectivity index (χ3v) is 3.55. The van der Waals surface area contributed by atoms with Crippen molar-refractivity contribution in [1.82, 2.24) is 4.90 Å². The Morgan fingerprint density at radius 3 is 2.60 bits per heavy atom. The van der Waals surface area contributed by atoms with Crippen LogP contribution in [0.2, 0.25) is 0 Å². The molecule has 0 amide bonds. The highest BCUT2D eigenvalue weighted by Gasteiger charge is 2.28. The number of nitrogens with two attached hydrogens (primary N) is 1. The summed E-state index contributed by atoms with van der Waals surface area (Å²) in [7, 11) is 0. The van der Waals surface area contributed by atoms with E-state index in [0.29, 0.717) is 12.0 Å². The van der Waals surface area contributed by atoms with Crippen molar-refractivity contribution in [3.05, 3.63) is 0 Å². The van der Waals surface area contributed by atoms with Crippen molar-refractivity contribution in [3.63, 3.8) is 0 Å². The molecule has 0 saturated heterocycles. The van der Waals surface area contributed by atoms with E-state index in [-0.39, 0.29) is 6.10 Å². The SMILES string of the molecule is CCN(CC(C)O)C1CCCCC1CN. The van der Waals surface area contributed by atoms with Crippen molar-refractivity contribution in [2.45, 2.75) is 51.7 Å². The second-order valence-corrected chi connectivity index (χ2v) is 4.78. The molecular formula is C12H26N2O.